The van der Waals surface area contributed by atoms with Crippen LogP contribution >= 0.6 is 15.9 Å². The molecule has 1 aromatic rings. The van der Waals surface area contributed by atoms with Crippen LogP contribution in [0.3, 0.4) is 0 Å². The number of carboxylic acid groups (broad SMARTS) is 1. The predicted octanol–water partition coefficient (Wildman–Crippen LogP) is 3.27. The number of carbonyl (C=O) groups excluding carboxylic acids is 1. The molecule has 0 saturated carbocycles. The molecule has 1 aromatic carbocycles. The minimum absolute atomic E-state index is 0.0409. The Kier molecular flexibility index (Phi) is 6.56. The van der Waals surface area contributed by atoms with E-state index in [9.17, 15) is 9.59 Å². The summed E-state index contributed by atoms with van der Waals surface area (Å²) >= 11 is 3.36. The summed E-state index contributed by atoms with van der Waals surface area (Å²) in [6.07, 6.45) is 1.63. The summed E-state index contributed by atoms with van der Waals surface area (Å²) in [6, 6.07) is 7.74. The molecule has 1 rings (SSSR count). The van der Waals surface area contributed by atoms with Crippen molar-refractivity contribution in [2.45, 2.75) is 38.6 Å². The van der Waals surface area contributed by atoms with Crippen LogP contribution in [0, 0.1) is 0 Å². The summed E-state index contributed by atoms with van der Waals surface area (Å²) in [5, 5.41) is 11.4. The number of benzene rings is 1. The van der Waals surface area contributed by atoms with Crippen molar-refractivity contribution in [1.29, 1.82) is 0 Å². The molecule has 0 fully saturated rings. The Morgan fingerprint density at radius 1 is 1.21 bits per heavy atom. The van der Waals surface area contributed by atoms with Crippen LogP contribution in [-0.4, -0.2) is 17.0 Å². The van der Waals surface area contributed by atoms with Gasteiger partial charge in [-0.15, -0.1) is 0 Å². The second-order valence-corrected chi connectivity index (χ2v) is 5.36. The van der Waals surface area contributed by atoms with E-state index >= 15 is 0 Å². The third-order valence-electron chi connectivity index (χ3n) is 2.79. The highest BCUT2D eigenvalue weighted by atomic mass is 79.9. The Balaban J connectivity index is 2.31. The number of unbranched alkanes of at least 4 members (excludes halogenated alkanes) is 1. The lowest BCUT2D eigenvalue weighted by Crippen LogP contribution is -2.26. The second kappa shape index (κ2) is 7.94. The molecule has 2 N–H and O–H groups in total. The van der Waals surface area contributed by atoms with E-state index in [1.165, 1.54) is 0 Å². The molecule has 0 radical (unpaired) electrons. The summed E-state index contributed by atoms with van der Waals surface area (Å²) < 4.78 is 1.00. The zero-order valence-electron chi connectivity index (χ0n) is 10.9. The molecule has 0 aliphatic rings. The van der Waals surface area contributed by atoms with E-state index in [1.54, 1.807) is 0 Å². The molecular formula is C14H18BrNO3. The molecule has 0 saturated heterocycles. The topological polar surface area (TPSA) is 66.4 Å². The lowest BCUT2D eigenvalue weighted by molar-refractivity contribution is -0.137. The quantitative estimate of drug-likeness (QED) is 0.755. The van der Waals surface area contributed by atoms with E-state index in [0.717, 1.165) is 10.0 Å². The van der Waals surface area contributed by atoms with Gasteiger partial charge in [0.2, 0.25) is 5.91 Å². The Labute approximate surface area is 121 Å². The van der Waals surface area contributed by atoms with E-state index in [-0.39, 0.29) is 18.4 Å². The van der Waals surface area contributed by atoms with Gasteiger partial charge in [-0.1, -0.05) is 28.1 Å². The number of rotatable bonds is 7. The number of amides is 1. The van der Waals surface area contributed by atoms with Gasteiger partial charge in [0, 0.05) is 17.3 Å². The Bertz CT molecular complexity index is 431. The summed E-state index contributed by atoms with van der Waals surface area (Å²) in [4.78, 5) is 22.0. The van der Waals surface area contributed by atoms with E-state index in [4.69, 9.17) is 5.11 Å². The van der Waals surface area contributed by atoms with Crippen molar-refractivity contribution in [3.05, 3.63) is 34.3 Å². The average Bonchev–Trinajstić information content (AvgIpc) is 2.35. The number of carbonyl (C=O) groups is 2. The van der Waals surface area contributed by atoms with Gasteiger partial charge in [-0.3, -0.25) is 9.59 Å². The molecule has 1 unspecified atom stereocenters. The van der Waals surface area contributed by atoms with Crippen LogP contribution in [0.25, 0.3) is 0 Å². The lowest BCUT2D eigenvalue weighted by Gasteiger charge is -2.14. The highest BCUT2D eigenvalue weighted by Crippen LogP contribution is 2.16. The molecule has 5 heteroatoms. The molecule has 1 amide bonds. The van der Waals surface area contributed by atoms with Gasteiger partial charge >= 0.3 is 5.97 Å². The molecule has 0 heterocycles. The third kappa shape index (κ3) is 6.38. The minimum Gasteiger partial charge on any atom is -0.481 e. The molecule has 0 aliphatic heterocycles. The number of hydrogen-bond acceptors (Lipinski definition) is 2. The maximum atomic E-state index is 11.7. The Morgan fingerprint density at radius 3 is 2.37 bits per heavy atom. The SMILES string of the molecule is CC(NC(=O)CCCCC(=O)O)c1ccc(Br)cc1. The lowest BCUT2D eigenvalue weighted by atomic mass is 10.1. The number of aliphatic carboxylic acids is 1. The standard InChI is InChI=1S/C14H18BrNO3/c1-10(11-6-8-12(15)9-7-11)16-13(17)4-2-3-5-14(18)19/h6-10H,2-5H2,1H3,(H,16,17)(H,18,19). The summed E-state index contributed by atoms with van der Waals surface area (Å²) in [5.74, 6) is -0.857. The molecule has 0 aliphatic carbocycles. The van der Waals surface area contributed by atoms with Gasteiger partial charge in [-0.05, 0) is 37.5 Å². The molecule has 0 spiro atoms. The van der Waals surface area contributed by atoms with E-state index in [0.29, 0.717) is 19.3 Å². The largest absolute Gasteiger partial charge is 0.481 e. The fourth-order valence-electron chi connectivity index (χ4n) is 1.71. The average molecular weight is 328 g/mol. The van der Waals surface area contributed by atoms with Crippen molar-refractivity contribution < 1.29 is 14.7 Å². The van der Waals surface area contributed by atoms with Gasteiger partial charge in [0.05, 0.1) is 6.04 Å². The van der Waals surface area contributed by atoms with Crippen LogP contribution in [0.5, 0.6) is 0 Å². The van der Waals surface area contributed by atoms with Gasteiger partial charge in [0.1, 0.15) is 0 Å². The van der Waals surface area contributed by atoms with E-state index < -0.39 is 5.97 Å². The van der Waals surface area contributed by atoms with Crippen molar-refractivity contribution in [3.63, 3.8) is 0 Å². The van der Waals surface area contributed by atoms with Crippen molar-refractivity contribution in [3.8, 4) is 0 Å². The van der Waals surface area contributed by atoms with Crippen LogP contribution in [0.4, 0.5) is 0 Å². The van der Waals surface area contributed by atoms with Crippen molar-refractivity contribution in [1.82, 2.24) is 5.32 Å². The first kappa shape index (κ1) is 15.7. The van der Waals surface area contributed by atoms with Gasteiger partial charge < -0.3 is 10.4 Å². The minimum atomic E-state index is -0.816. The smallest absolute Gasteiger partial charge is 0.303 e. The molecule has 1 atom stereocenters. The van der Waals surface area contributed by atoms with Crippen LogP contribution < -0.4 is 5.32 Å². The van der Waals surface area contributed by atoms with Gasteiger partial charge in [0.15, 0.2) is 0 Å². The Morgan fingerprint density at radius 2 is 1.79 bits per heavy atom. The zero-order valence-corrected chi connectivity index (χ0v) is 12.4. The fraction of sp³-hybridized carbons (Fsp3) is 0.429. The van der Waals surface area contributed by atoms with Gasteiger partial charge in [-0.2, -0.15) is 0 Å². The van der Waals surface area contributed by atoms with E-state index in [2.05, 4.69) is 21.2 Å². The first-order chi connectivity index (χ1) is 8.99. The first-order valence-electron chi connectivity index (χ1n) is 6.25. The van der Waals surface area contributed by atoms with Crippen molar-refractivity contribution in [2.75, 3.05) is 0 Å². The van der Waals surface area contributed by atoms with Crippen molar-refractivity contribution >= 4 is 27.8 Å². The molecule has 0 aromatic heterocycles. The highest BCUT2D eigenvalue weighted by Gasteiger charge is 2.09. The van der Waals surface area contributed by atoms with Crippen LogP contribution in [0.2, 0.25) is 0 Å². The second-order valence-electron chi connectivity index (χ2n) is 4.44. The maximum Gasteiger partial charge on any atom is 0.303 e. The summed E-state index contributed by atoms with van der Waals surface area (Å²) in [5.41, 5.74) is 1.04. The zero-order chi connectivity index (χ0) is 14.3. The molecule has 104 valence electrons. The highest BCUT2D eigenvalue weighted by molar-refractivity contribution is 9.10. The van der Waals surface area contributed by atoms with Gasteiger partial charge in [0.25, 0.3) is 0 Å². The summed E-state index contributed by atoms with van der Waals surface area (Å²) in [6.45, 7) is 1.93. The predicted molar refractivity (Wildman–Crippen MR) is 76.8 cm³/mol. The fourth-order valence-corrected chi connectivity index (χ4v) is 1.97. The molecule has 4 nitrogen and oxygen atoms in total. The molecular weight excluding hydrogens is 310 g/mol. The number of nitrogens with one attached hydrogen (secondary N) is 1. The normalized spacial score (nSPS) is 11.9. The van der Waals surface area contributed by atoms with Crippen LogP contribution in [0.15, 0.2) is 28.7 Å². The summed E-state index contributed by atoms with van der Waals surface area (Å²) in [7, 11) is 0. The monoisotopic (exact) mass is 327 g/mol. The Hall–Kier alpha value is -1.36. The van der Waals surface area contributed by atoms with Crippen LogP contribution in [0.1, 0.15) is 44.2 Å². The van der Waals surface area contributed by atoms with E-state index in [1.807, 2.05) is 31.2 Å². The maximum absolute atomic E-state index is 11.7. The molecule has 19 heavy (non-hydrogen) atoms. The number of hydrogen-bond donors (Lipinski definition) is 2. The van der Waals surface area contributed by atoms with Crippen LogP contribution in [-0.2, 0) is 9.59 Å². The number of carboxylic acids is 1. The first-order valence-corrected chi connectivity index (χ1v) is 7.05. The van der Waals surface area contributed by atoms with Gasteiger partial charge in [-0.25, -0.2) is 0 Å². The van der Waals surface area contributed by atoms with Crippen molar-refractivity contribution in [2.24, 2.45) is 0 Å². The molecule has 0 bridgehead atoms. The third-order valence-corrected chi connectivity index (χ3v) is 3.32. The number of halogens is 1.